The highest BCUT2D eigenvalue weighted by Crippen LogP contribution is 2.23. The van der Waals surface area contributed by atoms with Crippen molar-refractivity contribution in [1.82, 2.24) is 15.3 Å². The van der Waals surface area contributed by atoms with Gasteiger partial charge in [-0.2, -0.15) is 0 Å². The van der Waals surface area contributed by atoms with Gasteiger partial charge < -0.3 is 15.6 Å². The SMILES string of the molecule is Cc1ccccc1Nc1nc(C(=O)NCCc2c[nH]c3ccccc23)cs1. The number of carbonyl (C=O) groups excluding carboxylic acids is 1. The van der Waals surface area contributed by atoms with E-state index in [1.165, 1.54) is 22.3 Å². The molecule has 2 heterocycles. The van der Waals surface area contributed by atoms with Crippen LogP contribution in [0.2, 0.25) is 0 Å². The molecule has 0 aliphatic heterocycles. The summed E-state index contributed by atoms with van der Waals surface area (Å²) in [6.07, 6.45) is 2.78. The smallest absolute Gasteiger partial charge is 0.270 e. The Balaban J connectivity index is 1.35. The number of nitrogens with zero attached hydrogens (tertiary/aromatic N) is 1. The monoisotopic (exact) mass is 376 g/mol. The Morgan fingerprint density at radius 3 is 2.85 bits per heavy atom. The van der Waals surface area contributed by atoms with Gasteiger partial charge in [0.15, 0.2) is 5.13 Å². The summed E-state index contributed by atoms with van der Waals surface area (Å²) >= 11 is 1.43. The van der Waals surface area contributed by atoms with Gasteiger partial charge in [0.1, 0.15) is 5.69 Å². The summed E-state index contributed by atoms with van der Waals surface area (Å²) in [5, 5.41) is 9.92. The predicted molar refractivity (Wildman–Crippen MR) is 111 cm³/mol. The van der Waals surface area contributed by atoms with Gasteiger partial charge in [-0.25, -0.2) is 4.98 Å². The number of fused-ring (bicyclic) bond motifs is 1. The Morgan fingerprint density at radius 2 is 1.96 bits per heavy atom. The number of hydrogen-bond donors (Lipinski definition) is 3. The number of aryl methyl sites for hydroxylation is 1. The maximum Gasteiger partial charge on any atom is 0.270 e. The number of amides is 1. The molecular weight excluding hydrogens is 356 g/mol. The van der Waals surface area contributed by atoms with Gasteiger partial charge in [0.05, 0.1) is 0 Å². The zero-order chi connectivity index (χ0) is 18.6. The first-order valence-corrected chi connectivity index (χ1v) is 9.70. The molecule has 0 aliphatic carbocycles. The average molecular weight is 376 g/mol. The van der Waals surface area contributed by atoms with Gasteiger partial charge in [0, 0.05) is 34.7 Å². The van der Waals surface area contributed by atoms with Crippen LogP contribution in [0.1, 0.15) is 21.6 Å². The number of aromatic nitrogens is 2. The van der Waals surface area contributed by atoms with E-state index < -0.39 is 0 Å². The molecule has 0 bridgehead atoms. The highest BCUT2D eigenvalue weighted by molar-refractivity contribution is 7.14. The quantitative estimate of drug-likeness (QED) is 0.459. The minimum atomic E-state index is -0.149. The largest absolute Gasteiger partial charge is 0.361 e. The number of thiazole rings is 1. The van der Waals surface area contributed by atoms with E-state index in [2.05, 4.69) is 32.7 Å². The lowest BCUT2D eigenvalue weighted by molar-refractivity contribution is 0.0950. The first kappa shape index (κ1) is 17.3. The predicted octanol–water partition coefficient (Wildman–Crippen LogP) is 4.65. The molecule has 27 heavy (non-hydrogen) atoms. The number of anilines is 2. The number of para-hydroxylation sites is 2. The first-order valence-electron chi connectivity index (χ1n) is 8.82. The van der Waals surface area contributed by atoms with E-state index >= 15 is 0 Å². The lowest BCUT2D eigenvalue weighted by atomic mass is 10.1. The van der Waals surface area contributed by atoms with Crippen LogP contribution in [0, 0.1) is 6.92 Å². The topological polar surface area (TPSA) is 69.8 Å². The number of hydrogen-bond acceptors (Lipinski definition) is 4. The molecule has 1 amide bonds. The second-order valence-corrected chi connectivity index (χ2v) is 7.20. The van der Waals surface area contributed by atoms with Crippen LogP contribution in [0.4, 0.5) is 10.8 Å². The summed E-state index contributed by atoms with van der Waals surface area (Å²) in [7, 11) is 0. The fourth-order valence-electron chi connectivity index (χ4n) is 3.00. The summed E-state index contributed by atoms with van der Waals surface area (Å²) in [6, 6.07) is 16.2. The van der Waals surface area contributed by atoms with Gasteiger partial charge in [-0.15, -0.1) is 11.3 Å². The molecule has 2 aromatic heterocycles. The van der Waals surface area contributed by atoms with E-state index in [0.29, 0.717) is 17.4 Å². The fourth-order valence-corrected chi connectivity index (χ4v) is 3.71. The van der Waals surface area contributed by atoms with Gasteiger partial charge in [-0.05, 0) is 36.6 Å². The standard InChI is InChI=1S/C21H20N4OS/c1-14-6-2-4-8-17(14)24-21-25-19(13-27-21)20(26)22-11-10-15-12-23-18-9-5-3-7-16(15)18/h2-9,12-13,23H,10-11H2,1H3,(H,22,26)(H,24,25). The van der Waals surface area contributed by atoms with Gasteiger partial charge in [-0.1, -0.05) is 36.4 Å². The van der Waals surface area contributed by atoms with E-state index in [4.69, 9.17) is 0 Å². The maximum atomic E-state index is 12.4. The van der Waals surface area contributed by atoms with Crippen molar-refractivity contribution in [2.45, 2.75) is 13.3 Å². The molecule has 0 saturated carbocycles. The van der Waals surface area contributed by atoms with E-state index in [0.717, 1.165) is 23.2 Å². The normalized spacial score (nSPS) is 10.9. The zero-order valence-corrected chi connectivity index (χ0v) is 15.8. The summed E-state index contributed by atoms with van der Waals surface area (Å²) in [5.41, 5.74) is 4.89. The van der Waals surface area contributed by atoms with Crippen molar-refractivity contribution < 1.29 is 4.79 Å². The second-order valence-electron chi connectivity index (χ2n) is 6.34. The number of aromatic amines is 1. The van der Waals surface area contributed by atoms with Gasteiger partial charge in [0.2, 0.25) is 0 Å². The molecule has 0 unspecified atom stereocenters. The summed E-state index contributed by atoms with van der Waals surface area (Å²) in [4.78, 5) is 20.0. The molecule has 4 rings (SSSR count). The highest BCUT2D eigenvalue weighted by atomic mass is 32.1. The Bertz CT molecular complexity index is 1080. The third-order valence-electron chi connectivity index (χ3n) is 4.48. The van der Waals surface area contributed by atoms with Gasteiger partial charge in [-0.3, -0.25) is 4.79 Å². The van der Waals surface area contributed by atoms with Crippen LogP contribution in [0.25, 0.3) is 10.9 Å². The molecule has 3 N–H and O–H groups in total. The van der Waals surface area contributed by atoms with E-state index in [9.17, 15) is 4.79 Å². The molecular formula is C21H20N4OS. The van der Waals surface area contributed by atoms with Crippen molar-refractivity contribution in [2.24, 2.45) is 0 Å². The number of benzene rings is 2. The van der Waals surface area contributed by atoms with Crippen LogP contribution in [0.5, 0.6) is 0 Å². The molecule has 4 aromatic rings. The third kappa shape index (κ3) is 3.85. The van der Waals surface area contributed by atoms with Crippen LogP contribution in [0.3, 0.4) is 0 Å². The van der Waals surface area contributed by atoms with Crippen LogP contribution >= 0.6 is 11.3 Å². The first-order chi connectivity index (χ1) is 13.2. The number of rotatable bonds is 6. The van der Waals surface area contributed by atoms with Crippen LogP contribution in [-0.4, -0.2) is 22.4 Å². The molecule has 6 heteroatoms. The highest BCUT2D eigenvalue weighted by Gasteiger charge is 2.11. The van der Waals surface area contributed by atoms with Crippen molar-refractivity contribution in [3.63, 3.8) is 0 Å². The van der Waals surface area contributed by atoms with Crippen LogP contribution in [-0.2, 0) is 6.42 Å². The number of carbonyl (C=O) groups is 1. The Labute approximate surface area is 161 Å². The van der Waals surface area contributed by atoms with Crippen LogP contribution in [0.15, 0.2) is 60.1 Å². The van der Waals surface area contributed by atoms with Crippen molar-refractivity contribution in [2.75, 3.05) is 11.9 Å². The molecule has 2 aromatic carbocycles. The third-order valence-corrected chi connectivity index (χ3v) is 5.24. The summed E-state index contributed by atoms with van der Waals surface area (Å²) in [6.45, 7) is 2.60. The number of H-pyrrole nitrogens is 1. The van der Waals surface area contributed by atoms with Crippen LogP contribution < -0.4 is 10.6 Å². The average Bonchev–Trinajstić information content (AvgIpc) is 3.31. The molecule has 136 valence electrons. The Hall–Kier alpha value is -3.12. The number of nitrogens with one attached hydrogen (secondary N) is 3. The van der Waals surface area contributed by atoms with Crippen molar-refractivity contribution in [1.29, 1.82) is 0 Å². The summed E-state index contributed by atoms with van der Waals surface area (Å²) in [5.74, 6) is -0.149. The molecule has 0 fully saturated rings. The minimum absolute atomic E-state index is 0.149. The molecule has 0 spiro atoms. The molecule has 5 nitrogen and oxygen atoms in total. The minimum Gasteiger partial charge on any atom is -0.361 e. The van der Waals surface area contributed by atoms with E-state index in [-0.39, 0.29) is 5.91 Å². The van der Waals surface area contributed by atoms with Gasteiger partial charge in [0.25, 0.3) is 5.91 Å². The molecule has 0 atom stereocenters. The molecule has 0 radical (unpaired) electrons. The Morgan fingerprint density at radius 1 is 1.15 bits per heavy atom. The fraction of sp³-hybridized carbons (Fsp3) is 0.143. The zero-order valence-electron chi connectivity index (χ0n) is 15.0. The lowest BCUT2D eigenvalue weighted by Crippen LogP contribution is -2.25. The molecule has 0 aliphatic rings. The second kappa shape index (κ2) is 7.63. The van der Waals surface area contributed by atoms with Crippen molar-refractivity contribution >= 4 is 39.0 Å². The van der Waals surface area contributed by atoms with E-state index in [1.807, 2.05) is 49.5 Å². The van der Waals surface area contributed by atoms with Gasteiger partial charge >= 0.3 is 0 Å². The summed E-state index contributed by atoms with van der Waals surface area (Å²) < 4.78 is 0. The van der Waals surface area contributed by atoms with E-state index in [1.54, 1.807) is 5.38 Å². The van der Waals surface area contributed by atoms with Crippen molar-refractivity contribution in [3.8, 4) is 0 Å². The van der Waals surface area contributed by atoms with Crippen molar-refractivity contribution in [3.05, 3.63) is 76.9 Å². The maximum absolute atomic E-state index is 12.4. The molecule has 0 saturated heterocycles. The Kier molecular flexibility index (Phi) is 4.89. The lowest BCUT2D eigenvalue weighted by Gasteiger charge is -2.05.